The molecule has 2 heterocycles. The molecule has 0 radical (unpaired) electrons. The Balaban J connectivity index is 0.00000128. The molecular formula is C11H14ClN3O. The lowest BCUT2D eigenvalue weighted by Gasteiger charge is -2.10. The average Bonchev–Trinajstić information content (AvgIpc) is 2.79. The molecule has 1 aliphatic heterocycles. The van der Waals surface area contributed by atoms with Gasteiger partial charge in [-0.3, -0.25) is 0 Å². The Morgan fingerprint density at radius 1 is 1.62 bits per heavy atom. The van der Waals surface area contributed by atoms with E-state index in [1.165, 1.54) is 0 Å². The molecule has 1 aromatic heterocycles. The third-order valence-electron chi connectivity index (χ3n) is 2.51. The number of hydrogen-bond donors (Lipinski definition) is 1. The number of rotatable bonds is 3. The third-order valence-corrected chi connectivity index (χ3v) is 2.51. The van der Waals surface area contributed by atoms with Crippen molar-refractivity contribution in [2.24, 2.45) is 5.92 Å². The predicted molar refractivity (Wildman–Crippen MR) is 62.7 cm³/mol. The van der Waals surface area contributed by atoms with E-state index in [9.17, 15) is 0 Å². The van der Waals surface area contributed by atoms with Crippen LogP contribution in [-0.2, 0) is 0 Å². The highest BCUT2D eigenvalue weighted by Crippen LogP contribution is 2.15. The van der Waals surface area contributed by atoms with Crippen molar-refractivity contribution < 1.29 is 4.74 Å². The lowest BCUT2D eigenvalue weighted by atomic mass is 10.1. The first-order valence-corrected chi connectivity index (χ1v) is 5.09. The van der Waals surface area contributed by atoms with E-state index in [2.05, 4.69) is 16.4 Å². The van der Waals surface area contributed by atoms with E-state index in [1.807, 2.05) is 0 Å². The molecule has 0 spiro atoms. The van der Waals surface area contributed by atoms with Crippen LogP contribution in [0.25, 0.3) is 0 Å². The Kier molecular flexibility index (Phi) is 5.03. The number of nitriles is 1. The van der Waals surface area contributed by atoms with Crippen molar-refractivity contribution in [1.82, 2.24) is 10.3 Å². The molecule has 0 bridgehead atoms. The quantitative estimate of drug-likeness (QED) is 0.866. The van der Waals surface area contributed by atoms with Crippen molar-refractivity contribution in [3.05, 3.63) is 23.9 Å². The Bertz CT molecular complexity index is 372. The first-order valence-electron chi connectivity index (χ1n) is 5.09. The topological polar surface area (TPSA) is 57.9 Å². The molecule has 1 N–H and O–H groups in total. The fraction of sp³-hybridized carbons (Fsp3) is 0.455. The fourth-order valence-corrected chi connectivity index (χ4v) is 1.64. The molecule has 1 atom stereocenters. The summed E-state index contributed by atoms with van der Waals surface area (Å²) in [6, 6.07) is 5.52. The SMILES string of the molecule is Cl.N#Cc1cccnc1OCC1CCNC1. The van der Waals surface area contributed by atoms with Gasteiger partial charge >= 0.3 is 0 Å². The summed E-state index contributed by atoms with van der Waals surface area (Å²) in [6.07, 6.45) is 2.78. The second-order valence-corrected chi connectivity index (χ2v) is 3.64. The van der Waals surface area contributed by atoms with E-state index in [1.54, 1.807) is 18.3 Å². The maximum absolute atomic E-state index is 8.83. The average molecular weight is 240 g/mol. The van der Waals surface area contributed by atoms with Crippen LogP contribution in [0.2, 0.25) is 0 Å². The lowest BCUT2D eigenvalue weighted by molar-refractivity contribution is 0.250. The zero-order chi connectivity index (χ0) is 10.5. The van der Waals surface area contributed by atoms with Gasteiger partial charge in [-0.2, -0.15) is 5.26 Å². The Morgan fingerprint density at radius 3 is 3.19 bits per heavy atom. The number of hydrogen-bond acceptors (Lipinski definition) is 4. The molecule has 16 heavy (non-hydrogen) atoms. The van der Waals surface area contributed by atoms with Crippen molar-refractivity contribution in [2.75, 3.05) is 19.7 Å². The van der Waals surface area contributed by atoms with Gasteiger partial charge in [0, 0.05) is 18.7 Å². The number of halogens is 1. The van der Waals surface area contributed by atoms with Crippen molar-refractivity contribution in [3.8, 4) is 11.9 Å². The number of aromatic nitrogens is 1. The van der Waals surface area contributed by atoms with Gasteiger partial charge in [-0.15, -0.1) is 12.4 Å². The van der Waals surface area contributed by atoms with Crippen LogP contribution in [0.1, 0.15) is 12.0 Å². The van der Waals surface area contributed by atoms with Crippen LogP contribution >= 0.6 is 12.4 Å². The second-order valence-electron chi connectivity index (χ2n) is 3.64. The smallest absolute Gasteiger partial charge is 0.231 e. The van der Waals surface area contributed by atoms with Crippen molar-refractivity contribution in [1.29, 1.82) is 5.26 Å². The standard InChI is InChI=1S/C11H13N3O.ClH/c12-6-10-2-1-4-14-11(10)15-8-9-3-5-13-7-9;/h1-2,4,9,13H,3,5,7-8H2;1H. The molecule has 1 saturated heterocycles. The van der Waals surface area contributed by atoms with Gasteiger partial charge in [-0.05, 0) is 25.1 Å². The number of nitrogens with one attached hydrogen (secondary N) is 1. The predicted octanol–water partition coefficient (Wildman–Crippen LogP) is 1.36. The van der Waals surface area contributed by atoms with Crippen LogP contribution in [0.4, 0.5) is 0 Å². The van der Waals surface area contributed by atoms with Gasteiger partial charge in [0.1, 0.15) is 11.6 Å². The largest absolute Gasteiger partial charge is 0.476 e. The highest BCUT2D eigenvalue weighted by atomic mass is 35.5. The summed E-state index contributed by atoms with van der Waals surface area (Å²) in [7, 11) is 0. The van der Waals surface area contributed by atoms with Crippen molar-refractivity contribution in [2.45, 2.75) is 6.42 Å². The normalized spacial score (nSPS) is 18.6. The molecule has 0 aliphatic carbocycles. The summed E-state index contributed by atoms with van der Waals surface area (Å²) in [5.74, 6) is 0.991. The maximum Gasteiger partial charge on any atom is 0.231 e. The van der Waals surface area contributed by atoms with Crippen LogP contribution in [0.5, 0.6) is 5.88 Å². The first kappa shape index (κ1) is 12.8. The minimum atomic E-state index is 0. The van der Waals surface area contributed by atoms with E-state index >= 15 is 0 Å². The van der Waals surface area contributed by atoms with Crippen LogP contribution < -0.4 is 10.1 Å². The Morgan fingerprint density at radius 2 is 2.50 bits per heavy atom. The van der Waals surface area contributed by atoms with Gasteiger partial charge in [-0.25, -0.2) is 4.98 Å². The zero-order valence-electron chi connectivity index (χ0n) is 8.85. The summed E-state index contributed by atoms with van der Waals surface area (Å²) in [4.78, 5) is 4.05. The molecule has 1 aliphatic rings. The van der Waals surface area contributed by atoms with E-state index in [4.69, 9.17) is 10.00 Å². The molecule has 0 saturated carbocycles. The Labute approximate surface area is 101 Å². The summed E-state index contributed by atoms with van der Waals surface area (Å²) >= 11 is 0. The summed E-state index contributed by atoms with van der Waals surface area (Å²) in [5.41, 5.74) is 0.503. The highest BCUT2D eigenvalue weighted by Gasteiger charge is 2.15. The van der Waals surface area contributed by atoms with Crippen LogP contribution in [0.15, 0.2) is 18.3 Å². The molecule has 86 valence electrons. The monoisotopic (exact) mass is 239 g/mol. The van der Waals surface area contributed by atoms with Gasteiger partial charge < -0.3 is 10.1 Å². The minimum Gasteiger partial charge on any atom is -0.476 e. The van der Waals surface area contributed by atoms with Crippen molar-refractivity contribution in [3.63, 3.8) is 0 Å². The molecule has 5 heteroatoms. The molecule has 4 nitrogen and oxygen atoms in total. The lowest BCUT2D eigenvalue weighted by Crippen LogP contribution is -2.16. The molecule has 1 aromatic rings. The first-order chi connectivity index (χ1) is 7.40. The Hall–Kier alpha value is -1.31. The molecule has 0 aromatic carbocycles. The number of ether oxygens (including phenoxy) is 1. The van der Waals surface area contributed by atoms with E-state index < -0.39 is 0 Å². The molecule has 2 rings (SSSR count). The van der Waals surface area contributed by atoms with Gasteiger partial charge in [-0.1, -0.05) is 0 Å². The number of pyridine rings is 1. The van der Waals surface area contributed by atoms with Crippen molar-refractivity contribution >= 4 is 12.4 Å². The van der Waals surface area contributed by atoms with E-state index in [-0.39, 0.29) is 12.4 Å². The van der Waals surface area contributed by atoms with Crippen LogP contribution in [0.3, 0.4) is 0 Å². The minimum absolute atomic E-state index is 0. The van der Waals surface area contributed by atoms with Gasteiger partial charge in [0.15, 0.2) is 0 Å². The zero-order valence-corrected chi connectivity index (χ0v) is 9.67. The second kappa shape index (κ2) is 6.31. The molecular weight excluding hydrogens is 226 g/mol. The molecule has 1 unspecified atom stereocenters. The van der Waals surface area contributed by atoms with Gasteiger partial charge in [0.2, 0.25) is 5.88 Å². The van der Waals surface area contributed by atoms with Crippen LogP contribution in [0, 0.1) is 17.2 Å². The molecule has 1 fully saturated rings. The maximum atomic E-state index is 8.83. The summed E-state index contributed by atoms with van der Waals surface area (Å²) in [6.45, 7) is 2.69. The summed E-state index contributed by atoms with van der Waals surface area (Å²) < 4.78 is 5.54. The highest BCUT2D eigenvalue weighted by molar-refractivity contribution is 5.85. The summed E-state index contributed by atoms with van der Waals surface area (Å²) in [5, 5.41) is 12.1. The van der Waals surface area contributed by atoms with Gasteiger partial charge in [0.05, 0.1) is 6.61 Å². The van der Waals surface area contributed by atoms with E-state index in [0.717, 1.165) is 19.5 Å². The van der Waals surface area contributed by atoms with Crippen LogP contribution in [-0.4, -0.2) is 24.7 Å². The van der Waals surface area contributed by atoms with Gasteiger partial charge in [0.25, 0.3) is 0 Å². The third kappa shape index (κ3) is 3.09. The number of nitrogens with zero attached hydrogens (tertiary/aromatic N) is 2. The molecule has 0 amide bonds. The van der Waals surface area contributed by atoms with E-state index in [0.29, 0.717) is 24.0 Å². The fourth-order valence-electron chi connectivity index (χ4n) is 1.64.